The van der Waals surface area contributed by atoms with Gasteiger partial charge in [-0.1, -0.05) is 0 Å². The number of nitrogens with one attached hydrogen (secondary N) is 2. The predicted octanol–water partition coefficient (Wildman–Crippen LogP) is -0.154. The van der Waals surface area contributed by atoms with Gasteiger partial charge in [-0.25, -0.2) is 0 Å². The largest absolute Gasteiger partial charge is 0.359 e. The second-order valence-electron chi connectivity index (χ2n) is 1.94. The summed E-state index contributed by atoms with van der Waals surface area (Å²) in [7, 11) is 1.78. The Balaban J connectivity index is 2.24. The molecule has 0 aromatic heterocycles. The Bertz CT molecular complexity index is 95.8. The molecule has 2 N–H and O–H groups in total. The van der Waals surface area contributed by atoms with Crippen LogP contribution in [0.2, 0.25) is 0 Å². The topological polar surface area (TPSA) is 39.1 Å². The van der Waals surface area contributed by atoms with Gasteiger partial charge in [0.2, 0.25) is 0 Å². The fourth-order valence-electron chi connectivity index (χ4n) is 0.698. The first-order valence-corrected chi connectivity index (χ1v) is 2.86. The molecule has 0 bridgehead atoms. The van der Waals surface area contributed by atoms with Crippen molar-refractivity contribution in [2.75, 3.05) is 20.1 Å². The maximum Gasteiger partial charge on any atom is 0.190 e. The molecule has 0 amide bonds. The van der Waals surface area contributed by atoms with Crippen LogP contribution in [-0.4, -0.2) is 31.0 Å². The fraction of sp³-hybridized carbons (Fsp3) is 0.800. The normalized spacial score (nSPS) is 17.4. The van der Waals surface area contributed by atoms with Gasteiger partial charge in [0.05, 0.1) is 0 Å². The van der Waals surface area contributed by atoms with Crippen LogP contribution in [0.1, 0.15) is 6.42 Å². The highest BCUT2D eigenvalue weighted by Crippen LogP contribution is 2.03. The van der Waals surface area contributed by atoms with Crippen molar-refractivity contribution >= 4 is 5.96 Å². The molecule has 1 heterocycles. The molecule has 1 saturated heterocycles. The van der Waals surface area contributed by atoms with Gasteiger partial charge in [-0.15, -0.1) is 0 Å². The molecule has 0 spiro atoms. The Morgan fingerprint density at radius 1 is 1.62 bits per heavy atom. The molecule has 0 saturated carbocycles. The van der Waals surface area contributed by atoms with Crippen LogP contribution in [0.5, 0.6) is 0 Å². The lowest BCUT2D eigenvalue weighted by molar-refractivity contribution is 0.289. The predicted molar refractivity (Wildman–Crippen MR) is 33.0 cm³/mol. The molecule has 0 unspecified atom stereocenters. The van der Waals surface area contributed by atoms with Crippen molar-refractivity contribution in [1.29, 1.82) is 5.41 Å². The lowest BCUT2D eigenvalue weighted by atomic mass is 10.2. The van der Waals surface area contributed by atoms with Crippen LogP contribution in [0.25, 0.3) is 0 Å². The fourth-order valence-corrected chi connectivity index (χ4v) is 0.698. The summed E-state index contributed by atoms with van der Waals surface area (Å²) in [5.41, 5.74) is 0. The SMILES string of the molecule is CNC(=N)N1CCC1. The summed E-state index contributed by atoms with van der Waals surface area (Å²) in [5, 5.41) is 9.99. The molecule has 0 radical (unpaired) electrons. The molecule has 3 heteroatoms. The summed E-state index contributed by atoms with van der Waals surface area (Å²) >= 11 is 0. The first kappa shape index (κ1) is 5.41. The quantitative estimate of drug-likeness (QED) is 0.338. The minimum absolute atomic E-state index is 0.552. The van der Waals surface area contributed by atoms with Gasteiger partial charge in [0, 0.05) is 20.1 Å². The Morgan fingerprint density at radius 3 is 2.38 bits per heavy atom. The Labute approximate surface area is 49.2 Å². The van der Waals surface area contributed by atoms with Gasteiger partial charge in [0.15, 0.2) is 5.96 Å². The van der Waals surface area contributed by atoms with E-state index >= 15 is 0 Å². The van der Waals surface area contributed by atoms with Crippen molar-refractivity contribution in [3.63, 3.8) is 0 Å². The lowest BCUT2D eigenvalue weighted by Crippen LogP contribution is -2.47. The van der Waals surface area contributed by atoms with Gasteiger partial charge in [-0.2, -0.15) is 0 Å². The number of likely N-dealkylation sites (tertiary alicyclic amines) is 1. The lowest BCUT2D eigenvalue weighted by Gasteiger charge is -2.32. The summed E-state index contributed by atoms with van der Waals surface area (Å²) in [6.07, 6.45) is 1.24. The zero-order valence-electron chi connectivity index (χ0n) is 5.07. The van der Waals surface area contributed by atoms with Crippen LogP contribution in [0.3, 0.4) is 0 Å². The first-order chi connectivity index (χ1) is 3.84. The number of guanidine groups is 1. The van der Waals surface area contributed by atoms with Gasteiger partial charge in [-0.05, 0) is 6.42 Å². The average molecular weight is 113 g/mol. The van der Waals surface area contributed by atoms with Crippen LogP contribution in [-0.2, 0) is 0 Å². The van der Waals surface area contributed by atoms with E-state index in [1.54, 1.807) is 7.05 Å². The molecule has 1 fully saturated rings. The smallest absolute Gasteiger partial charge is 0.190 e. The van der Waals surface area contributed by atoms with E-state index in [-0.39, 0.29) is 0 Å². The Hall–Kier alpha value is -0.730. The summed E-state index contributed by atoms with van der Waals surface area (Å²) in [6.45, 7) is 2.11. The molecule has 0 aromatic carbocycles. The second kappa shape index (κ2) is 2.03. The van der Waals surface area contributed by atoms with E-state index in [9.17, 15) is 0 Å². The summed E-state index contributed by atoms with van der Waals surface area (Å²) < 4.78 is 0. The third-order valence-electron chi connectivity index (χ3n) is 1.41. The molecule has 0 aromatic rings. The zero-order chi connectivity index (χ0) is 5.98. The molecule has 3 nitrogen and oxygen atoms in total. The summed E-state index contributed by atoms with van der Waals surface area (Å²) in [6, 6.07) is 0. The molecule has 8 heavy (non-hydrogen) atoms. The third-order valence-corrected chi connectivity index (χ3v) is 1.41. The number of hydrogen-bond donors (Lipinski definition) is 2. The Kier molecular flexibility index (Phi) is 1.37. The van der Waals surface area contributed by atoms with Gasteiger partial charge in [-0.3, -0.25) is 5.41 Å². The second-order valence-corrected chi connectivity index (χ2v) is 1.94. The minimum Gasteiger partial charge on any atom is -0.359 e. The van der Waals surface area contributed by atoms with Crippen LogP contribution < -0.4 is 5.32 Å². The molecule has 0 aliphatic carbocycles. The molecule has 1 aliphatic rings. The highest BCUT2D eigenvalue weighted by Gasteiger charge is 2.14. The summed E-state index contributed by atoms with van der Waals surface area (Å²) in [4.78, 5) is 2.00. The average Bonchev–Trinajstić information content (AvgIpc) is 1.62. The van der Waals surface area contributed by atoms with E-state index in [1.807, 2.05) is 4.90 Å². The van der Waals surface area contributed by atoms with Crippen LogP contribution in [0.15, 0.2) is 0 Å². The standard InChI is InChI=1S/C5H11N3/c1-7-5(6)8-3-2-4-8/h2-4H2,1H3,(H2,6,7). The van der Waals surface area contributed by atoms with Gasteiger partial charge < -0.3 is 10.2 Å². The summed E-state index contributed by atoms with van der Waals surface area (Å²) in [5.74, 6) is 0.552. The van der Waals surface area contributed by atoms with Crippen molar-refractivity contribution < 1.29 is 0 Å². The maximum atomic E-state index is 7.21. The highest BCUT2D eigenvalue weighted by atomic mass is 15.3. The van der Waals surface area contributed by atoms with Gasteiger partial charge >= 0.3 is 0 Å². The van der Waals surface area contributed by atoms with E-state index < -0.39 is 0 Å². The van der Waals surface area contributed by atoms with E-state index in [1.165, 1.54) is 6.42 Å². The molecule has 1 aliphatic heterocycles. The van der Waals surface area contributed by atoms with E-state index in [2.05, 4.69) is 5.32 Å². The van der Waals surface area contributed by atoms with E-state index in [0.29, 0.717) is 5.96 Å². The van der Waals surface area contributed by atoms with Crippen LogP contribution in [0, 0.1) is 5.41 Å². The van der Waals surface area contributed by atoms with Crippen LogP contribution in [0.4, 0.5) is 0 Å². The van der Waals surface area contributed by atoms with Crippen molar-refractivity contribution in [3.8, 4) is 0 Å². The minimum atomic E-state index is 0.552. The molecule has 46 valence electrons. The molecular weight excluding hydrogens is 102 g/mol. The third kappa shape index (κ3) is 0.757. The monoisotopic (exact) mass is 113 g/mol. The first-order valence-electron chi connectivity index (χ1n) is 2.86. The highest BCUT2D eigenvalue weighted by molar-refractivity contribution is 5.76. The zero-order valence-corrected chi connectivity index (χ0v) is 5.07. The Morgan fingerprint density at radius 2 is 2.25 bits per heavy atom. The van der Waals surface area contributed by atoms with Crippen LogP contribution >= 0.6 is 0 Å². The van der Waals surface area contributed by atoms with Crippen molar-refractivity contribution in [3.05, 3.63) is 0 Å². The van der Waals surface area contributed by atoms with Gasteiger partial charge in [0.25, 0.3) is 0 Å². The number of rotatable bonds is 0. The van der Waals surface area contributed by atoms with E-state index in [0.717, 1.165) is 13.1 Å². The van der Waals surface area contributed by atoms with E-state index in [4.69, 9.17) is 5.41 Å². The molecule has 1 rings (SSSR count). The van der Waals surface area contributed by atoms with Crippen molar-refractivity contribution in [2.45, 2.75) is 6.42 Å². The van der Waals surface area contributed by atoms with Crippen molar-refractivity contribution in [1.82, 2.24) is 10.2 Å². The molecular formula is C5H11N3. The van der Waals surface area contributed by atoms with Crippen molar-refractivity contribution in [2.24, 2.45) is 0 Å². The molecule has 0 atom stereocenters. The maximum absolute atomic E-state index is 7.21. The van der Waals surface area contributed by atoms with Gasteiger partial charge in [0.1, 0.15) is 0 Å². The number of hydrogen-bond acceptors (Lipinski definition) is 1. The number of nitrogens with zero attached hydrogens (tertiary/aromatic N) is 1.